The van der Waals surface area contributed by atoms with Crippen LogP contribution in [0.5, 0.6) is 0 Å². The zero-order valence-corrected chi connectivity index (χ0v) is 10.6. The normalized spacial score (nSPS) is 12.1. The number of rotatable bonds is 5. The van der Waals surface area contributed by atoms with Gasteiger partial charge in [-0.15, -0.1) is 10.2 Å². The first kappa shape index (κ1) is 13.2. The molecule has 1 amide bonds. The van der Waals surface area contributed by atoms with E-state index >= 15 is 0 Å². The number of hydrogen-bond acceptors (Lipinski definition) is 5. The largest absolute Gasteiger partial charge is 0.330 e. The van der Waals surface area contributed by atoms with E-state index in [2.05, 4.69) is 25.9 Å². The van der Waals surface area contributed by atoms with Gasteiger partial charge in [0.15, 0.2) is 0 Å². The first-order valence-corrected chi connectivity index (χ1v) is 6.09. The number of carbonyl (C=O) groups excluding carboxylic acids is 1. The highest BCUT2D eigenvalue weighted by atomic mass is 16.1. The predicted molar refractivity (Wildman–Crippen MR) is 71.1 cm³/mol. The summed E-state index contributed by atoms with van der Waals surface area (Å²) >= 11 is 0. The summed E-state index contributed by atoms with van der Waals surface area (Å²) in [4.78, 5) is 11.9. The van der Waals surface area contributed by atoms with Crippen molar-refractivity contribution >= 4 is 11.6 Å². The Labute approximate surface area is 110 Å². The minimum atomic E-state index is -0.172. The number of amides is 1. The fraction of sp³-hybridized carbons (Fsp3) is 0.333. The van der Waals surface area contributed by atoms with Crippen LogP contribution in [0.1, 0.15) is 13.3 Å². The van der Waals surface area contributed by atoms with Crippen LogP contribution in [-0.4, -0.2) is 33.1 Å². The second-order valence-corrected chi connectivity index (χ2v) is 4.15. The van der Waals surface area contributed by atoms with Gasteiger partial charge in [-0.25, -0.2) is 0 Å². The van der Waals surface area contributed by atoms with Crippen molar-refractivity contribution < 1.29 is 4.79 Å². The van der Waals surface area contributed by atoms with E-state index in [0.717, 1.165) is 5.56 Å². The summed E-state index contributed by atoms with van der Waals surface area (Å²) in [6, 6.07) is 7.28. The SMILES string of the molecule is CCC(CN)C(=O)Nc1cccc(-c2nn[nH]n2)c1. The maximum atomic E-state index is 11.9. The standard InChI is InChI=1S/C12H16N6O/c1-2-8(7-13)12(19)14-10-5-3-4-9(6-10)11-15-17-18-16-11/h3-6,8H,2,7,13H2,1H3,(H,14,19)(H,15,16,17,18). The fourth-order valence-electron chi connectivity index (χ4n) is 1.72. The van der Waals surface area contributed by atoms with Gasteiger partial charge in [-0.3, -0.25) is 4.79 Å². The number of tetrazole rings is 1. The van der Waals surface area contributed by atoms with Gasteiger partial charge in [0.1, 0.15) is 0 Å². The highest BCUT2D eigenvalue weighted by Gasteiger charge is 2.14. The summed E-state index contributed by atoms with van der Waals surface area (Å²) in [5, 5.41) is 16.5. The molecule has 19 heavy (non-hydrogen) atoms. The predicted octanol–water partition coefficient (Wildman–Crippen LogP) is 0.790. The Morgan fingerprint density at radius 2 is 2.37 bits per heavy atom. The number of nitrogens with one attached hydrogen (secondary N) is 2. The van der Waals surface area contributed by atoms with Crippen molar-refractivity contribution in [3.05, 3.63) is 24.3 Å². The summed E-state index contributed by atoms with van der Waals surface area (Å²) in [6.45, 7) is 2.28. The molecule has 1 atom stereocenters. The molecular formula is C12H16N6O. The molecule has 100 valence electrons. The van der Waals surface area contributed by atoms with Gasteiger partial charge in [-0.1, -0.05) is 19.1 Å². The van der Waals surface area contributed by atoms with Crippen molar-refractivity contribution in [1.29, 1.82) is 0 Å². The van der Waals surface area contributed by atoms with Crippen LogP contribution in [0.2, 0.25) is 0 Å². The van der Waals surface area contributed by atoms with Crippen molar-refractivity contribution in [2.24, 2.45) is 11.7 Å². The molecule has 0 fully saturated rings. The molecule has 0 radical (unpaired) electrons. The zero-order valence-electron chi connectivity index (χ0n) is 10.6. The Kier molecular flexibility index (Phi) is 4.19. The molecule has 0 spiro atoms. The van der Waals surface area contributed by atoms with E-state index in [4.69, 9.17) is 5.73 Å². The number of anilines is 1. The Morgan fingerprint density at radius 3 is 3.00 bits per heavy atom. The van der Waals surface area contributed by atoms with Crippen molar-refractivity contribution in [3.63, 3.8) is 0 Å². The summed E-state index contributed by atoms with van der Waals surface area (Å²) in [7, 11) is 0. The van der Waals surface area contributed by atoms with Gasteiger partial charge >= 0.3 is 0 Å². The van der Waals surface area contributed by atoms with Crippen LogP contribution < -0.4 is 11.1 Å². The Hall–Kier alpha value is -2.28. The van der Waals surface area contributed by atoms with Crippen LogP contribution in [0.3, 0.4) is 0 Å². The summed E-state index contributed by atoms with van der Waals surface area (Å²) < 4.78 is 0. The molecule has 0 bridgehead atoms. The van der Waals surface area contributed by atoms with Gasteiger partial charge < -0.3 is 11.1 Å². The van der Waals surface area contributed by atoms with Crippen LogP contribution in [-0.2, 0) is 4.79 Å². The van der Waals surface area contributed by atoms with E-state index in [1.54, 1.807) is 6.07 Å². The lowest BCUT2D eigenvalue weighted by atomic mass is 10.1. The number of carbonyl (C=O) groups is 1. The van der Waals surface area contributed by atoms with Crippen LogP contribution in [0.4, 0.5) is 5.69 Å². The maximum Gasteiger partial charge on any atom is 0.228 e. The zero-order chi connectivity index (χ0) is 13.7. The smallest absolute Gasteiger partial charge is 0.228 e. The molecule has 1 heterocycles. The second-order valence-electron chi connectivity index (χ2n) is 4.15. The molecule has 7 heteroatoms. The Morgan fingerprint density at radius 1 is 1.53 bits per heavy atom. The fourth-order valence-corrected chi connectivity index (χ4v) is 1.72. The van der Waals surface area contributed by atoms with Gasteiger partial charge in [-0.05, 0) is 23.8 Å². The van der Waals surface area contributed by atoms with Gasteiger partial charge in [0, 0.05) is 17.8 Å². The van der Waals surface area contributed by atoms with Crippen molar-refractivity contribution in [1.82, 2.24) is 20.6 Å². The third-order valence-electron chi connectivity index (χ3n) is 2.88. The quantitative estimate of drug-likeness (QED) is 0.736. The van der Waals surface area contributed by atoms with E-state index in [1.165, 1.54) is 0 Å². The van der Waals surface area contributed by atoms with E-state index in [9.17, 15) is 4.79 Å². The Balaban J connectivity index is 2.14. The highest BCUT2D eigenvalue weighted by molar-refractivity contribution is 5.93. The molecule has 1 aromatic heterocycles. The number of benzene rings is 1. The van der Waals surface area contributed by atoms with Crippen LogP contribution in [0, 0.1) is 5.92 Å². The van der Waals surface area contributed by atoms with Gasteiger partial charge in [0.25, 0.3) is 0 Å². The van der Waals surface area contributed by atoms with Crippen LogP contribution in [0.25, 0.3) is 11.4 Å². The molecule has 1 aromatic carbocycles. The molecule has 0 saturated carbocycles. The number of hydrogen-bond donors (Lipinski definition) is 3. The third kappa shape index (κ3) is 3.14. The van der Waals surface area contributed by atoms with E-state index in [1.807, 2.05) is 25.1 Å². The number of aromatic nitrogens is 4. The van der Waals surface area contributed by atoms with Gasteiger partial charge in [0.05, 0.1) is 5.92 Å². The van der Waals surface area contributed by atoms with E-state index in [0.29, 0.717) is 24.5 Å². The number of nitrogens with zero attached hydrogens (tertiary/aromatic N) is 3. The first-order valence-electron chi connectivity index (χ1n) is 6.09. The summed E-state index contributed by atoms with van der Waals surface area (Å²) in [5.74, 6) is 0.242. The monoisotopic (exact) mass is 260 g/mol. The molecule has 1 unspecified atom stereocenters. The van der Waals surface area contributed by atoms with E-state index < -0.39 is 0 Å². The maximum absolute atomic E-state index is 11.9. The van der Waals surface area contributed by atoms with Crippen molar-refractivity contribution in [2.45, 2.75) is 13.3 Å². The molecule has 0 saturated heterocycles. The van der Waals surface area contributed by atoms with Crippen LogP contribution in [0.15, 0.2) is 24.3 Å². The van der Waals surface area contributed by atoms with Crippen molar-refractivity contribution in [2.75, 3.05) is 11.9 Å². The first-order chi connectivity index (χ1) is 9.24. The number of H-pyrrole nitrogens is 1. The lowest BCUT2D eigenvalue weighted by molar-refractivity contribution is -0.119. The second kappa shape index (κ2) is 6.05. The minimum Gasteiger partial charge on any atom is -0.330 e. The number of aromatic amines is 1. The molecule has 2 rings (SSSR count). The topological polar surface area (TPSA) is 110 Å². The van der Waals surface area contributed by atoms with Gasteiger partial charge in [-0.2, -0.15) is 5.21 Å². The Bertz CT molecular complexity index is 535. The van der Waals surface area contributed by atoms with Crippen molar-refractivity contribution in [3.8, 4) is 11.4 Å². The summed E-state index contributed by atoms with van der Waals surface area (Å²) in [5.41, 5.74) is 7.03. The lowest BCUT2D eigenvalue weighted by Crippen LogP contribution is -2.28. The van der Waals surface area contributed by atoms with Gasteiger partial charge in [0.2, 0.25) is 11.7 Å². The highest BCUT2D eigenvalue weighted by Crippen LogP contribution is 2.19. The molecule has 0 aliphatic carbocycles. The average molecular weight is 260 g/mol. The van der Waals surface area contributed by atoms with E-state index in [-0.39, 0.29) is 11.8 Å². The molecular weight excluding hydrogens is 244 g/mol. The summed E-state index contributed by atoms with van der Waals surface area (Å²) in [6.07, 6.45) is 0.715. The molecule has 0 aliphatic rings. The van der Waals surface area contributed by atoms with Crippen LogP contribution >= 0.6 is 0 Å². The molecule has 7 nitrogen and oxygen atoms in total. The minimum absolute atomic E-state index is 0.0738. The molecule has 4 N–H and O–H groups in total. The lowest BCUT2D eigenvalue weighted by Gasteiger charge is -2.12. The average Bonchev–Trinajstić information content (AvgIpc) is 2.94. The third-order valence-corrected chi connectivity index (χ3v) is 2.88. The number of nitrogens with two attached hydrogens (primary N) is 1. The molecule has 2 aromatic rings. The molecule has 0 aliphatic heterocycles.